The first-order chi connectivity index (χ1) is 9.26. The molecule has 19 heavy (non-hydrogen) atoms. The van der Waals surface area contributed by atoms with Gasteiger partial charge in [0.05, 0.1) is 7.11 Å². The number of ether oxygens (including phenoxy) is 2. The number of pyridine rings is 1. The third-order valence-corrected chi connectivity index (χ3v) is 3.51. The second-order valence-corrected chi connectivity index (χ2v) is 4.68. The van der Waals surface area contributed by atoms with Gasteiger partial charge in [0, 0.05) is 12.2 Å². The summed E-state index contributed by atoms with van der Waals surface area (Å²) >= 11 is 0. The van der Waals surface area contributed by atoms with Crippen molar-refractivity contribution < 1.29 is 14.3 Å². The smallest absolute Gasteiger partial charge is 0.343 e. The number of esters is 1. The van der Waals surface area contributed by atoms with Gasteiger partial charge in [-0.3, -0.25) is 0 Å². The fourth-order valence-electron chi connectivity index (χ4n) is 2.46. The highest BCUT2D eigenvalue weighted by molar-refractivity contribution is 5.91. The molecular weight excluding hydrogens is 244 g/mol. The molecule has 1 aromatic rings. The number of likely N-dealkylation sites (N-methyl/N-ethyl adjacent to an activating group) is 1. The number of hydrogen-bond donors (Lipinski definition) is 1. The third-order valence-electron chi connectivity index (χ3n) is 3.51. The maximum atomic E-state index is 11.7. The molecule has 1 aliphatic rings. The van der Waals surface area contributed by atoms with E-state index in [1.54, 1.807) is 18.3 Å². The van der Waals surface area contributed by atoms with Crippen LogP contribution >= 0.6 is 0 Å². The molecule has 1 aliphatic carbocycles. The molecule has 5 heteroatoms. The molecular formula is C14H20N2O3. The summed E-state index contributed by atoms with van der Waals surface area (Å²) in [6.07, 6.45) is 6.08. The van der Waals surface area contributed by atoms with E-state index in [2.05, 4.69) is 10.3 Å². The van der Waals surface area contributed by atoms with Crippen molar-refractivity contribution in [1.29, 1.82) is 0 Å². The van der Waals surface area contributed by atoms with Crippen LogP contribution in [0.5, 0.6) is 5.88 Å². The van der Waals surface area contributed by atoms with E-state index in [-0.39, 0.29) is 6.10 Å². The van der Waals surface area contributed by atoms with Crippen molar-refractivity contribution in [3.63, 3.8) is 0 Å². The van der Waals surface area contributed by atoms with Gasteiger partial charge in [-0.05, 0) is 38.4 Å². The number of carbonyl (C=O) groups is 1. The lowest BCUT2D eigenvalue weighted by Gasteiger charge is -2.31. The summed E-state index contributed by atoms with van der Waals surface area (Å²) in [6.45, 7) is 0. The Kier molecular flexibility index (Phi) is 4.74. The van der Waals surface area contributed by atoms with Crippen molar-refractivity contribution in [2.24, 2.45) is 0 Å². The topological polar surface area (TPSA) is 60.5 Å². The standard InChI is InChI=1S/C14H20N2O3/c1-15-11-7-3-4-8-12(11)19-13-10(14(17)18-2)6-5-9-16-13/h5-6,9,11-12,15H,3-4,7-8H2,1-2H3. The first-order valence-corrected chi connectivity index (χ1v) is 6.63. The summed E-state index contributed by atoms with van der Waals surface area (Å²) in [6, 6.07) is 3.68. The number of carbonyl (C=O) groups excluding carboxylic acids is 1. The van der Waals surface area contributed by atoms with Crippen LogP contribution in [-0.4, -0.2) is 37.3 Å². The lowest BCUT2D eigenvalue weighted by atomic mass is 9.92. The second-order valence-electron chi connectivity index (χ2n) is 4.68. The molecule has 0 radical (unpaired) electrons. The zero-order valence-corrected chi connectivity index (χ0v) is 11.4. The molecule has 0 aromatic carbocycles. The number of hydrogen-bond acceptors (Lipinski definition) is 5. The molecule has 1 heterocycles. The monoisotopic (exact) mass is 264 g/mol. The summed E-state index contributed by atoms with van der Waals surface area (Å²) in [5.74, 6) is -0.0542. The molecule has 0 aliphatic heterocycles. The SMILES string of the molecule is CNC1CCCCC1Oc1ncccc1C(=O)OC. The molecule has 1 fully saturated rings. The minimum atomic E-state index is -0.417. The van der Waals surface area contributed by atoms with Crippen LogP contribution in [0.1, 0.15) is 36.0 Å². The van der Waals surface area contributed by atoms with Gasteiger partial charge >= 0.3 is 5.97 Å². The number of aromatic nitrogens is 1. The lowest BCUT2D eigenvalue weighted by Crippen LogP contribution is -2.43. The van der Waals surface area contributed by atoms with E-state index in [1.165, 1.54) is 13.5 Å². The maximum absolute atomic E-state index is 11.7. The van der Waals surface area contributed by atoms with Crippen LogP contribution in [0.25, 0.3) is 0 Å². The third kappa shape index (κ3) is 3.23. The molecule has 1 saturated carbocycles. The average molecular weight is 264 g/mol. The van der Waals surface area contributed by atoms with Crippen molar-refractivity contribution in [1.82, 2.24) is 10.3 Å². The van der Waals surface area contributed by atoms with Crippen LogP contribution in [0, 0.1) is 0 Å². The van der Waals surface area contributed by atoms with E-state index < -0.39 is 5.97 Å². The van der Waals surface area contributed by atoms with E-state index in [0.717, 1.165) is 19.3 Å². The zero-order chi connectivity index (χ0) is 13.7. The first-order valence-electron chi connectivity index (χ1n) is 6.63. The van der Waals surface area contributed by atoms with E-state index in [0.29, 0.717) is 17.5 Å². The Hall–Kier alpha value is -1.62. The van der Waals surface area contributed by atoms with Gasteiger partial charge < -0.3 is 14.8 Å². The molecule has 5 nitrogen and oxygen atoms in total. The predicted octanol–water partition coefficient (Wildman–Crippen LogP) is 1.78. The zero-order valence-electron chi connectivity index (χ0n) is 11.4. The number of rotatable bonds is 4. The maximum Gasteiger partial charge on any atom is 0.343 e. The van der Waals surface area contributed by atoms with E-state index in [9.17, 15) is 4.79 Å². The summed E-state index contributed by atoms with van der Waals surface area (Å²) in [4.78, 5) is 15.8. The van der Waals surface area contributed by atoms with Crippen molar-refractivity contribution in [3.05, 3.63) is 23.9 Å². The largest absolute Gasteiger partial charge is 0.472 e. The fourth-order valence-corrected chi connectivity index (χ4v) is 2.46. The van der Waals surface area contributed by atoms with E-state index in [4.69, 9.17) is 9.47 Å². The van der Waals surface area contributed by atoms with Gasteiger partial charge in [-0.2, -0.15) is 0 Å². The molecule has 2 unspecified atom stereocenters. The summed E-state index contributed by atoms with van der Waals surface area (Å²) < 4.78 is 10.7. The Balaban J connectivity index is 2.15. The van der Waals surface area contributed by atoms with Gasteiger partial charge in [-0.1, -0.05) is 6.42 Å². The molecule has 104 valence electrons. The lowest BCUT2D eigenvalue weighted by molar-refractivity contribution is 0.0582. The fraction of sp³-hybridized carbons (Fsp3) is 0.571. The molecule has 0 spiro atoms. The van der Waals surface area contributed by atoms with Gasteiger partial charge in [0.1, 0.15) is 11.7 Å². The number of nitrogens with one attached hydrogen (secondary N) is 1. The molecule has 1 aromatic heterocycles. The first kappa shape index (κ1) is 13.8. The minimum absolute atomic E-state index is 0.0528. The Morgan fingerprint density at radius 2 is 2.21 bits per heavy atom. The molecule has 1 N–H and O–H groups in total. The molecule has 2 atom stereocenters. The second kappa shape index (κ2) is 6.52. The summed E-state index contributed by atoms with van der Waals surface area (Å²) in [5, 5.41) is 3.27. The van der Waals surface area contributed by atoms with Crippen LogP contribution in [0.3, 0.4) is 0 Å². The molecule has 0 bridgehead atoms. The normalized spacial score (nSPS) is 22.8. The van der Waals surface area contributed by atoms with Crippen LogP contribution in [0.15, 0.2) is 18.3 Å². The van der Waals surface area contributed by atoms with E-state index >= 15 is 0 Å². The number of nitrogens with zero attached hydrogens (tertiary/aromatic N) is 1. The van der Waals surface area contributed by atoms with Gasteiger partial charge in [-0.25, -0.2) is 9.78 Å². The summed E-state index contributed by atoms with van der Waals surface area (Å²) in [7, 11) is 3.29. The van der Waals surface area contributed by atoms with Crippen molar-refractivity contribution in [2.45, 2.75) is 37.8 Å². The highest BCUT2D eigenvalue weighted by Gasteiger charge is 2.27. The van der Waals surface area contributed by atoms with Crippen LogP contribution < -0.4 is 10.1 Å². The Morgan fingerprint density at radius 1 is 1.42 bits per heavy atom. The van der Waals surface area contributed by atoms with Crippen molar-refractivity contribution in [3.8, 4) is 5.88 Å². The minimum Gasteiger partial charge on any atom is -0.472 e. The van der Waals surface area contributed by atoms with Gasteiger partial charge in [-0.15, -0.1) is 0 Å². The van der Waals surface area contributed by atoms with Gasteiger partial charge in [0.15, 0.2) is 0 Å². The molecule has 0 amide bonds. The van der Waals surface area contributed by atoms with Crippen LogP contribution in [0.4, 0.5) is 0 Å². The highest BCUT2D eigenvalue weighted by atomic mass is 16.5. The Labute approximate surface area is 113 Å². The Bertz CT molecular complexity index is 436. The molecule has 0 saturated heterocycles. The van der Waals surface area contributed by atoms with Crippen molar-refractivity contribution in [2.75, 3.05) is 14.2 Å². The van der Waals surface area contributed by atoms with Crippen molar-refractivity contribution >= 4 is 5.97 Å². The average Bonchev–Trinajstić information content (AvgIpc) is 2.47. The van der Waals surface area contributed by atoms with Gasteiger partial charge in [0.25, 0.3) is 0 Å². The van der Waals surface area contributed by atoms with Crippen LogP contribution in [0.2, 0.25) is 0 Å². The Morgan fingerprint density at radius 3 is 2.95 bits per heavy atom. The summed E-state index contributed by atoms with van der Waals surface area (Å²) in [5.41, 5.74) is 0.380. The number of methoxy groups -OCH3 is 1. The predicted molar refractivity (Wildman–Crippen MR) is 71.3 cm³/mol. The van der Waals surface area contributed by atoms with E-state index in [1.807, 2.05) is 7.05 Å². The quantitative estimate of drug-likeness (QED) is 0.840. The molecule has 2 rings (SSSR count). The van der Waals surface area contributed by atoms with Crippen LogP contribution in [-0.2, 0) is 4.74 Å². The highest BCUT2D eigenvalue weighted by Crippen LogP contribution is 2.25. The van der Waals surface area contributed by atoms with Gasteiger partial charge in [0.2, 0.25) is 5.88 Å².